The molecule has 158 valence electrons. The Hall–Kier alpha value is -2.96. The fraction of sp³-hybridized carbons (Fsp3) is 0.167. The molecular weight excluding hydrogens is 434 g/mol. The molecule has 1 saturated heterocycles. The maximum atomic E-state index is 13.4. The van der Waals surface area contributed by atoms with Crippen molar-refractivity contribution in [2.24, 2.45) is 0 Å². The van der Waals surface area contributed by atoms with Gasteiger partial charge in [-0.1, -0.05) is 54.1 Å². The minimum atomic E-state index is -1.02. The van der Waals surface area contributed by atoms with E-state index in [4.69, 9.17) is 16.3 Å². The molecule has 7 heteroatoms. The highest BCUT2D eigenvalue weighted by Gasteiger charge is 2.43. The number of halogens is 1. The second-order valence-corrected chi connectivity index (χ2v) is 8.60. The van der Waals surface area contributed by atoms with Gasteiger partial charge in [0.05, 0.1) is 7.11 Å². The topological polar surface area (TPSA) is 66.8 Å². The highest BCUT2D eigenvalue weighted by molar-refractivity contribution is 7.99. The summed E-state index contributed by atoms with van der Waals surface area (Å²) in [6.45, 7) is 0. The van der Waals surface area contributed by atoms with E-state index >= 15 is 0 Å². The average Bonchev–Trinajstić information content (AvgIpc) is 3.24. The van der Waals surface area contributed by atoms with Crippen LogP contribution in [0.25, 0.3) is 11.1 Å². The molecule has 0 bridgehead atoms. The molecule has 0 aromatic heterocycles. The number of ether oxygens (including phenoxy) is 1. The molecule has 3 aromatic carbocycles. The van der Waals surface area contributed by atoms with Crippen LogP contribution in [0.15, 0.2) is 72.8 Å². The first kappa shape index (κ1) is 21.3. The third-order valence-electron chi connectivity index (χ3n) is 5.25. The number of rotatable bonds is 5. The van der Waals surface area contributed by atoms with Gasteiger partial charge in [-0.3, -0.25) is 4.79 Å². The molecule has 0 spiro atoms. The van der Waals surface area contributed by atoms with Gasteiger partial charge in [-0.25, -0.2) is 4.79 Å². The van der Waals surface area contributed by atoms with Crippen LogP contribution in [0.3, 0.4) is 0 Å². The Labute approximate surface area is 189 Å². The molecule has 1 N–H and O–H groups in total. The maximum Gasteiger partial charge on any atom is 0.327 e. The highest BCUT2D eigenvalue weighted by Crippen LogP contribution is 2.44. The van der Waals surface area contributed by atoms with Crippen molar-refractivity contribution in [1.29, 1.82) is 0 Å². The second-order valence-electron chi connectivity index (χ2n) is 7.08. The van der Waals surface area contributed by atoms with Crippen molar-refractivity contribution in [1.82, 2.24) is 4.90 Å². The van der Waals surface area contributed by atoms with Gasteiger partial charge in [0.2, 0.25) is 0 Å². The number of carbonyl (C=O) groups excluding carboxylic acids is 1. The van der Waals surface area contributed by atoms with E-state index in [0.717, 1.165) is 22.4 Å². The van der Waals surface area contributed by atoms with Crippen molar-refractivity contribution < 1.29 is 19.4 Å². The van der Waals surface area contributed by atoms with E-state index in [1.807, 2.05) is 54.6 Å². The quantitative estimate of drug-likeness (QED) is 0.563. The summed E-state index contributed by atoms with van der Waals surface area (Å²) in [5.41, 5.74) is 3.12. The Morgan fingerprint density at radius 3 is 2.19 bits per heavy atom. The SMILES string of the molecule is COc1ccc(-c2ccc(C(=O)N3[C@@H](c4ccccc4Cl)SC[C@H]3C(=O)O)cc2)cc1. The molecule has 2 atom stereocenters. The van der Waals surface area contributed by atoms with Gasteiger partial charge in [-0.05, 0) is 41.5 Å². The fourth-order valence-corrected chi connectivity index (χ4v) is 5.36. The molecule has 0 saturated carbocycles. The van der Waals surface area contributed by atoms with Gasteiger partial charge in [0.25, 0.3) is 5.91 Å². The number of thioether (sulfide) groups is 1. The van der Waals surface area contributed by atoms with Crippen LogP contribution in [0.1, 0.15) is 21.3 Å². The van der Waals surface area contributed by atoms with Crippen molar-refractivity contribution in [3.8, 4) is 16.9 Å². The van der Waals surface area contributed by atoms with Gasteiger partial charge >= 0.3 is 5.97 Å². The molecule has 1 aliphatic rings. The number of methoxy groups -OCH3 is 1. The zero-order chi connectivity index (χ0) is 22.0. The molecule has 1 fully saturated rings. The van der Waals surface area contributed by atoms with E-state index in [0.29, 0.717) is 16.3 Å². The van der Waals surface area contributed by atoms with Gasteiger partial charge in [-0.15, -0.1) is 11.8 Å². The van der Waals surface area contributed by atoms with E-state index in [1.165, 1.54) is 16.7 Å². The molecule has 1 aliphatic heterocycles. The first-order valence-electron chi connectivity index (χ1n) is 9.65. The van der Waals surface area contributed by atoms with E-state index in [1.54, 1.807) is 25.3 Å². The summed E-state index contributed by atoms with van der Waals surface area (Å²) in [4.78, 5) is 26.7. The van der Waals surface area contributed by atoms with E-state index in [9.17, 15) is 14.7 Å². The number of carboxylic acid groups (broad SMARTS) is 1. The number of hydrogen-bond acceptors (Lipinski definition) is 4. The summed E-state index contributed by atoms with van der Waals surface area (Å²) >= 11 is 7.76. The predicted molar refractivity (Wildman–Crippen MR) is 123 cm³/mol. The van der Waals surface area contributed by atoms with Crippen molar-refractivity contribution in [2.75, 3.05) is 12.9 Å². The Morgan fingerprint density at radius 2 is 1.61 bits per heavy atom. The van der Waals surface area contributed by atoms with E-state index < -0.39 is 17.4 Å². The summed E-state index contributed by atoms with van der Waals surface area (Å²) in [6.07, 6.45) is 0. The third-order valence-corrected chi connectivity index (χ3v) is 6.90. The summed E-state index contributed by atoms with van der Waals surface area (Å²) < 4.78 is 5.19. The van der Waals surface area contributed by atoms with Crippen LogP contribution in [0.5, 0.6) is 5.75 Å². The Morgan fingerprint density at radius 1 is 1.00 bits per heavy atom. The summed E-state index contributed by atoms with van der Waals surface area (Å²) in [6, 6.07) is 21.1. The second kappa shape index (κ2) is 9.04. The first-order valence-corrected chi connectivity index (χ1v) is 11.1. The van der Waals surface area contributed by atoms with Gasteiger partial charge in [-0.2, -0.15) is 0 Å². The van der Waals surface area contributed by atoms with Crippen molar-refractivity contribution in [3.63, 3.8) is 0 Å². The monoisotopic (exact) mass is 453 g/mol. The van der Waals surface area contributed by atoms with Crippen LogP contribution in [0.2, 0.25) is 5.02 Å². The molecular formula is C24H20ClNO4S. The molecule has 4 rings (SSSR count). The predicted octanol–water partition coefficient (Wildman–Crippen LogP) is 5.36. The van der Waals surface area contributed by atoms with Gasteiger partial charge in [0, 0.05) is 21.9 Å². The van der Waals surface area contributed by atoms with Crippen LogP contribution in [0, 0.1) is 0 Å². The smallest absolute Gasteiger partial charge is 0.327 e. The van der Waals surface area contributed by atoms with Crippen LogP contribution in [-0.2, 0) is 4.79 Å². The standard InChI is InChI=1S/C24H20ClNO4S/c1-30-18-12-10-16(11-13-18)15-6-8-17(9-7-15)22(27)26-21(24(28)29)14-31-23(26)19-4-2-3-5-20(19)25/h2-13,21,23H,14H2,1H3,(H,28,29)/t21-,23+/m0/s1. The van der Waals surface area contributed by atoms with Crippen LogP contribution < -0.4 is 4.74 Å². The minimum Gasteiger partial charge on any atom is -0.497 e. The minimum absolute atomic E-state index is 0.306. The van der Waals surface area contributed by atoms with Gasteiger partial charge in [0.15, 0.2) is 0 Å². The largest absolute Gasteiger partial charge is 0.497 e. The van der Waals surface area contributed by atoms with Gasteiger partial charge < -0.3 is 14.7 Å². The average molecular weight is 454 g/mol. The number of nitrogens with zero attached hydrogens (tertiary/aromatic N) is 1. The van der Waals surface area contributed by atoms with Crippen LogP contribution in [-0.4, -0.2) is 40.8 Å². The van der Waals surface area contributed by atoms with Crippen LogP contribution in [0.4, 0.5) is 0 Å². The normalized spacial score (nSPS) is 18.1. The summed E-state index contributed by atoms with van der Waals surface area (Å²) in [5, 5.41) is 9.76. The van der Waals surface area contributed by atoms with Crippen molar-refractivity contribution >= 4 is 35.2 Å². The Kier molecular flexibility index (Phi) is 6.20. The molecule has 0 radical (unpaired) electrons. The Balaban J connectivity index is 1.63. The lowest BCUT2D eigenvalue weighted by Gasteiger charge is -2.28. The first-order chi connectivity index (χ1) is 15.0. The molecule has 0 aliphatic carbocycles. The molecule has 1 amide bonds. The molecule has 1 heterocycles. The third kappa shape index (κ3) is 4.27. The lowest BCUT2D eigenvalue weighted by molar-refractivity contribution is -0.141. The highest BCUT2D eigenvalue weighted by atomic mass is 35.5. The lowest BCUT2D eigenvalue weighted by atomic mass is 10.0. The zero-order valence-corrected chi connectivity index (χ0v) is 18.3. The van der Waals surface area contributed by atoms with E-state index in [-0.39, 0.29) is 5.91 Å². The summed E-state index contributed by atoms with van der Waals surface area (Å²) in [7, 11) is 1.62. The number of hydrogen-bond donors (Lipinski definition) is 1. The van der Waals surface area contributed by atoms with Gasteiger partial charge in [0.1, 0.15) is 17.2 Å². The number of benzene rings is 3. The molecule has 0 unspecified atom stereocenters. The van der Waals surface area contributed by atoms with E-state index in [2.05, 4.69) is 0 Å². The molecule has 5 nitrogen and oxygen atoms in total. The number of carbonyl (C=O) groups is 2. The van der Waals surface area contributed by atoms with Crippen LogP contribution >= 0.6 is 23.4 Å². The van der Waals surface area contributed by atoms with Crippen molar-refractivity contribution in [3.05, 3.63) is 88.9 Å². The fourth-order valence-electron chi connectivity index (χ4n) is 3.60. The number of amides is 1. The number of carboxylic acids is 1. The molecule has 31 heavy (non-hydrogen) atoms. The molecule has 3 aromatic rings. The Bertz CT molecular complexity index is 1100. The maximum absolute atomic E-state index is 13.4. The lowest BCUT2D eigenvalue weighted by Crippen LogP contribution is -2.43. The summed E-state index contributed by atoms with van der Waals surface area (Å²) in [5.74, 6) is -0.276. The number of aliphatic carboxylic acids is 1. The zero-order valence-electron chi connectivity index (χ0n) is 16.7. The van der Waals surface area contributed by atoms with Crippen molar-refractivity contribution in [2.45, 2.75) is 11.4 Å².